The van der Waals surface area contributed by atoms with Gasteiger partial charge < -0.3 is 10.4 Å². The van der Waals surface area contributed by atoms with Crippen LogP contribution in [-0.4, -0.2) is 11.0 Å². The Balaban J connectivity index is 1.70. The number of nitrogens with one attached hydrogen (secondary N) is 1. The van der Waals surface area contributed by atoms with Crippen molar-refractivity contribution < 1.29 is 9.90 Å². The fraction of sp³-hybridized carbons (Fsp3) is 0.278. The van der Waals surface area contributed by atoms with E-state index in [1.54, 1.807) is 18.2 Å². The third-order valence-electron chi connectivity index (χ3n) is 4.05. The number of amides is 1. The first-order valence-corrected chi connectivity index (χ1v) is 7.38. The van der Waals surface area contributed by atoms with Crippen molar-refractivity contribution in [2.75, 3.05) is 0 Å². The Labute approximate surface area is 124 Å². The molecule has 0 saturated heterocycles. The number of rotatable bonds is 3. The summed E-state index contributed by atoms with van der Waals surface area (Å²) >= 11 is 0. The van der Waals surface area contributed by atoms with Crippen LogP contribution in [-0.2, 0) is 17.6 Å². The van der Waals surface area contributed by atoms with Gasteiger partial charge in [0.1, 0.15) is 5.75 Å². The first-order valence-electron chi connectivity index (χ1n) is 7.38. The maximum Gasteiger partial charge on any atom is 0.225 e. The molecule has 0 fully saturated rings. The van der Waals surface area contributed by atoms with Gasteiger partial charge in [-0.1, -0.05) is 42.5 Å². The van der Waals surface area contributed by atoms with E-state index in [4.69, 9.17) is 0 Å². The highest BCUT2D eigenvalue weighted by Crippen LogP contribution is 2.29. The molecule has 1 amide bonds. The fourth-order valence-electron chi connectivity index (χ4n) is 2.98. The van der Waals surface area contributed by atoms with Crippen LogP contribution in [0, 0.1) is 0 Å². The SMILES string of the molecule is O=C(Cc1ccccc1O)NC1CCCc2ccccc21. The quantitative estimate of drug-likeness (QED) is 0.908. The smallest absolute Gasteiger partial charge is 0.225 e. The molecule has 1 atom stereocenters. The highest BCUT2D eigenvalue weighted by atomic mass is 16.3. The van der Waals surface area contributed by atoms with Gasteiger partial charge in [0.05, 0.1) is 12.5 Å². The van der Waals surface area contributed by atoms with Crippen LogP contribution in [0.1, 0.15) is 35.6 Å². The Kier molecular flexibility index (Phi) is 3.91. The summed E-state index contributed by atoms with van der Waals surface area (Å²) < 4.78 is 0. The molecule has 3 nitrogen and oxygen atoms in total. The number of phenols is 1. The van der Waals surface area contributed by atoms with Crippen LogP contribution < -0.4 is 5.32 Å². The van der Waals surface area contributed by atoms with E-state index in [1.165, 1.54) is 11.1 Å². The van der Waals surface area contributed by atoms with E-state index in [0.717, 1.165) is 19.3 Å². The molecule has 3 rings (SSSR count). The number of hydrogen-bond acceptors (Lipinski definition) is 2. The summed E-state index contributed by atoms with van der Waals surface area (Å²) in [5.41, 5.74) is 3.23. The number of aryl methyl sites for hydroxylation is 1. The largest absolute Gasteiger partial charge is 0.508 e. The Morgan fingerprint density at radius 2 is 1.90 bits per heavy atom. The van der Waals surface area contributed by atoms with Crippen molar-refractivity contribution in [3.8, 4) is 5.75 Å². The molecule has 0 aliphatic heterocycles. The molecular formula is C18H19NO2. The summed E-state index contributed by atoms with van der Waals surface area (Å²) in [5, 5.41) is 12.8. The van der Waals surface area contributed by atoms with E-state index in [-0.39, 0.29) is 24.1 Å². The Morgan fingerprint density at radius 1 is 1.14 bits per heavy atom. The number of benzene rings is 2. The van der Waals surface area contributed by atoms with E-state index < -0.39 is 0 Å². The number of fused-ring (bicyclic) bond motifs is 1. The Morgan fingerprint density at radius 3 is 2.76 bits per heavy atom. The third-order valence-corrected chi connectivity index (χ3v) is 4.05. The van der Waals surface area contributed by atoms with Crippen molar-refractivity contribution in [2.24, 2.45) is 0 Å². The molecule has 0 saturated carbocycles. The average molecular weight is 281 g/mol. The maximum atomic E-state index is 12.2. The third kappa shape index (κ3) is 3.07. The highest BCUT2D eigenvalue weighted by molar-refractivity contribution is 5.79. The van der Waals surface area contributed by atoms with Gasteiger partial charge in [-0.15, -0.1) is 0 Å². The van der Waals surface area contributed by atoms with Crippen molar-refractivity contribution in [3.05, 3.63) is 65.2 Å². The van der Waals surface area contributed by atoms with Gasteiger partial charge in [0.2, 0.25) is 5.91 Å². The van der Waals surface area contributed by atoms with Crippen molar-refractivity contribution in [2.45, 2.75) is 31.7 Å². The summed E-state index contributed by atoms with van der Waals surface area (Å²) in [7, 11) is 0. The molecule has 0 spiro atoms. The minimum atomic E-state index is -0.0433. The minimum Gasteiger partial charge on any atom is -0.508 e. The van der Waals surface area contributed by atoms with E-state index in [0.29, 0.717) is 5.56 Å². The van der Waals surface area contributed by atoms with Crippen LogP contribution in [0.4, 0.5) is 0 Å². The summed E-state index contributed by atoms with van der Waals surface area (Å²) in [6.07, 6.45) is 3.37. The monoisotopic (exact) mass is 281 g/mol. The molecule has 0 radical (unpaired) electrons. The summed E-state index contributed by atoms with van der Waals surface area (Å²) in [4.78, 5) is 12.2. The molecule has 0 aromatic heterocycles. The van der Waals surface area contributed by atoms with Crippen molar-refractivity contribution in [1.29, 1.82) is 0 Å². The van der Waals surface area contributed by atoms with Crippen LogP contribution in [0.2, 0.25) is 0 Å². The summed E-state index contributed by atoms with van der Waals surface area (Å²) in [6, 6.07) is 15.4. The van der Waals surface area contributed by atoms with E-state index in [2.05, 4.69) is 17.4 Å². The predicted octanol–water partition coefficient (Wildman–Crippen LogP) is 3.13. The van der Waals surface area contributed by atoms with Gasteiger partial charge >= 0.3 is 0 Å². The number of carbonyl (C=O) groups is 1. The molecule has 1 aliphatic carbocycles. The molecule has 2 aromatic rings. The number of para-hydroxylation sites is 1. The molecular weight excluding hydrogens is 262 g/mol. The predicted molar refractivity (Wildman–Crippen MR) is 82.1 cm³/mol. The van der Waals surface area contributed by atoms with Gasteiger partial charge in [0, 0.05) is 5.56 Å². The van der Waals surface area contributed by atoms with Gasteiger partial charge in [0.15, 0.2) is 0 Å². The zero-order valence-electron chi connectivity index (χ0n) is 11.9. The molecule has 21 heavy (non-hydrogen) atoms. The van der Waals surface area contributed by atoms with E-state index in [9.17, 15) is 9.90 Å². The average Bonchev–Trinajstić information content (AvgIpc) is 2.50. The number of phenolic OH excluding ortho intramolecular Hbond substituents is 1. The second-order valence-corrected chi connectivity index (χ2v) is 5.52. The zero-order valence-corrected chi connectivity index (χ0v) is 11.9. The molecule has 2 N–H and O–H groups in total. The lowest BCUT2D eigenvalue weighted by Gasteiger charge is -2.26. The van der Waals surface area contributed by atoms with E-state index in [1.807, 2.05) is 18.2 Å². The van der Waals surface area contributed by atoms with Crippen LogP contribution in [0.5, 0.6) is 5.75 Å². The normalized spacial score (nSPS) is 17.0. The second kappa shape index (κ2) is 6.00. The standard InChI is InChI=1S/C18H19NO2/c20-17-11-4-2-7-14(17)12-18(21)19-16-10-5-8-13-6-1-3-9-15(13)16/h1-4,6-7,9,11,16,20H,5,8,10,12H2,(H,19,21). The highest BCUT2D eigenvalue weighted by Gasteiger charge is 2.21. The van der Waals surface area contributed by atoms with Crippen LogP contribution in [0.15, 0.2) is 48.5 Å². The molecule has 1 unspecified atom stereocenters. The van der Waals surface area contributed by atoms with Crippen molar-refractivity contribution >= 4 is 5.91 Å². The number of hydrogen-bond donors (Lipinski definition) is 2. The first kappa shape index (κ1) is 13.7. The molecule has 0 heterocycles. The number of aromatic hydroxyl groups is 1. The van der Waals surface area contributed by atoms with Gasteiger partial charge in [-0.25, -0.2) is 0 Å². The Hall–Kier alpha value is -2.29. The van der Waals surface area contributed by atoms with Gasteiger partial charge in [-0.3, -0.25) is 4.79 Å². The molecule has 3 heteroatoms. The zero-order chi connectivity index (χ0) is 14.7. The lowest BCUT2D eigenvalue weighted by atomic mass is 9.87. The second-order valence-electron chi connectivity index (χ2n) is 5.52. The molecule has 108 valence electrons. The topological polar surface area (TPSA) is 49.3 Å². The molecule has 0 bridgehead atoms. The van der Waals surface area contributed by atoms with Crippen molar-refractivity contribution in [1.82, 2.24) is 5.32 Å². The lowest BCUT2D eigenvalue weighted by molar-refractivity contribution is -0.121. The van der Waals surface area contributed by atoms with Gasteiger partial charge in [-0.2, -0.15) is 0 Å². The fourth-order valence-corrected chi connectivity index (χ4v) is 2.98. The maximum absolute atomic E-state index is 12.2. The minimum absolute atomic E-state index is 0.0433. The van der Waals surface area contributed by atoms with Crippen LogP contribution >= 0.6 is 0 Å². The van der Waals surface area contributed by atoms with E-state index >= 15 is 0 Å². The summed E-state index contributed by atoms with van der Waals surface area (Å²) in [5.74, 6) is 0.134. The Bertz CT molecular complexity index is 651. The molecule has 2 aromatic carbocycles. The van der Waals surface area contributed by atoms with Crippen molar-refractivity contribution in [3.63, 3.8) is 0 Å². The molecule has 1 aliphatic rings. The summed E-state index contributed by atoms with van der Waals surface area (Å²) in [6.45, 7) is 0. The van der Waals surface area contributed by atoms with Crippen LogP contribution in [0.25, 0.3) is 0 Å². The van der Waals surface area contributed by atoms with Crippen LogP contribution in [0.3, 0.4) is 0 Å². The number of carbonyl (C=O) groups excluding carboxylic acids is 1. The first-order chi connectivity index (χ1) is 10.2. The lowest BCUT2D eigenvalue weighted by Crippen LogP contribution is -2.32. The van der Waals surface area contributed by atoms with Gasteiger partial charge in [0.25, 0.3) is 0 Å². The van der Waals surface area contributed by atoms with Gasteiger partial charge in [-0.05, 0) is 36.5 Å².